The fourth-order valence-electron chi connectivity index (χ4n) is 2.18. The van der Waals surface area contributed by atoms with Gasteiger partial charge in [0.15, 0.2) is 0 Å². The van der Waals surface area contributed by atoms with Crippen molar-refractivity contribution in [2.75, 3.05) is 13.2 Å². The number of hydrogen-bond acceptors (Lipinski definition) is 3. The summed E-state index contributed by atoms with van der Waals surface area (Å²) in [6, 6.07) is 8.97. The van der Waals surface area contributed by atoms with Gasteiger partial charge in [-0.25, -0.2) is 0 Å². The largest absolute Gasteiger partial charge is 0.466 e. The molecule has 0 radical (unpaired) electrons. The van der Waals surface area contributed by atoms with Crippen LogP contribution in [0.15, 0.2) is 24.3 Å². The lowest BCUT2D eigenvalue weighted by molar-refractivity contribution is -0.143. The summed E-state index contributed by atoms with van der Waals surface area (Å²) in [6.45, 7) is 7.61. The number of rotatable bonds is 9. The number of unbranched alkanes of at least 4 members (excludes halogenated alkanes) is 2. The monoisotopic (exact) mass is 277 g/mol. The summed E-state index contributed by atoms with van der Waals surface area (Å²) < 4.78 is 4.90. The molecule has 0 fully saturated rings. The number of esters is 1. The molecular formula is C17H27NO2. The molecule has 0 aliphatic rings. The highest BCUT2D eigenvalue weighted by atomic mass is 16.5. The number of hydrogen-bond donors (Lipinski definition) is 1. The highest BCUT2D eigenvalue weighted by Gasteiger charge is 2.04. The highest BCUT2D eigenvalue weighted by molar-refractivity contribution is 5.69. The molecular weight excluding hydrogens is 250 g/mol. The molecule has 0 aromatic heterocycles. The average molecular weight is 277 g/mol. The van der Waals surface area contributed by atoms with Crippen molar-refractivity contribution in [3.05, 3.63) is 35.4 Å². The molecule has 0 saturated heterocycles. The van der Waals surface area contributed by atoms with Gasteiger partial charge in [0.2, 0.25) is 0 Å². The normalized spacial score (nSPS) is 12.2. The van der Waals surface area contributed by atoms with Crippen molar-refractivity contribution in [3.8, 4) is 0 Å². The van der Waals surface area contributed by atoms with Gasteiger partial charge in [-0.3, -0.25) is 4.79 Å². The zero-order valence-corrected chi connectivity index (χ0v) is 12.9. The van der Waals surface area contributed by atoms with E-state index in [4.69, 9.17) is 4.74 Å². The van der Waals surface area contributed by atoms with Gasteiger partial charge in [0.05, 0.1) is 6.61 Å². The molecule has 0 aliphatic heterocycles. The molecule has 0 saturated carbocycles. The molecule has 0 spiro atoms. The molecule has 3 heteroatoms. The summed E-state index contributed by atoms with van der Waals surface area (Å²) in [6.07, 6.45) is 3.61. The van der Waals surface area contributed by atoms with Crippen molar-refractivity contribution >= 4 is 5.97 Å². The van der Waals surface area contributed by atoms with Crippen LogP contribution in [0.5, 0.6) is 0 Å². The van der Waals surface area contributed by atoms with Crippen molar-refractivity contribution in [2.45, 2.75) is 52.5 Å². The van der Waals surface area contributed by atoms with Crippen LogP contribution in [0, 0.1) is 6.92 Å². The standard InChI is InChI=1S/C17H27NO2/c1-4-20-17(19)11-6-5-7-12-18-15(3)16-10-8-9-14(2)13-16/h8-10,13,15,18H,4-7,11-12H2,1-3H3/t15-/m0/s1. The molecule has 1 rings (SSSR count). The minimum absolute atomic E-state index is 0.0754. The van der Waals surface area contributed by atoms with Crippen LogP contribution in [0.1, 0.15) is 56.7 Å². The van der Waals surface area contributed by atoms with Gasteiger partial charge in [0, 0.05) is 12.5 Å². The Morgan fingerprint density at radius 1 is 1.30 bits per heavy atom. The molecule has 0 bridgehead atoms. The van der Waals surface area contributed by atoms with Crippen molar-refractivity contribution in [1.29, 1.82) is 0 Å². The summed E-state index contributed by atoms with van der Waals surface area (Å²) in [5.74, 6) is -0.0754. The molecule has 20 heavy (non-hydrogen) atoms. The smallest absolute Gasteiger partial charge is 0.305 e. The maximum atomic E-state index is 11.2. The fraction of sp³-hybridized carbons (Fsp3) is 0.588. The van der Waals surface area contributed by atoms with Crippen LogP contribution in [-0.4, -0.2) is 19.1 Å². The zero-order valence-electron chi connectivity index (χ0n) is 12.9. The van der Waals surface area contributed by atoms with Gasteiger partial charge in [-0.1, -0.05) is 36.2 Å². The summed E-state index contributed by atoms with van der Waals surface area (Å²) in [5.41, 5.74) is 2.63. The molecule has 0 unspecified atom stereocenters. The minimum Gasteiger partial charge on any atom is -0.466 e. The first-order valence-electron chi connectivity index (χ1n) is 7.59. The molecule has 0 amide bonds. The van der Waals surface area contributed by atoms with Crippen molar-refractivity contribution in [3.63, 3.8) is 0 Å². The van der Waals surface area contributed by atoms with Crippen LogP contribution >= 0.6 is 0 Å². The average Bonchev–Trinajstić information content (AvgIpc) is 2.42. The lowest BCUT2D eigenvalue weighted by atomic mass is 10.1. The predicted molar refractivity (Wildman–Crippen MR) is 82.7 cm³/mol. The van der Waals surface area contributed by atoms with Crippen LogP contribution in [0.2, 0.25) is 0 Å². The second-order valence-electron chi connectivity index (χ2n) is 5.21. The Morgan fingerprint density at radius 3 is 2.80 bits per heavy atom. The van der Waals surface area contributed by atoms with E-state index >= 15 is 0 Å². The third-order valence-electron chi connectivity index (χ3n) is 3.36. The van der Waals surface area contributed by atoms with Crippen molar-refractivity contribution in [1.82, 2.24) is 5.32 Å². The quantitative estimate of drug-likeness (QED) is 0.551. The lowest BCUT2D eigenvalue weighted by Crippen LogP contribution is -2.19. The van der Waals surface area contributed by atoms with E-state index in [0.29, 0.717) is 19.1 Å². The van der Waals surface area contributed by atoms with Gasteiger partial charge in [-0.05, 0) is 45.7 Å². The zero-order chi connectivity index (χ0) is 14.8. The molecule has 0 aliphatic carbocycles. The molecule has 112 valence electrons. The van der Waals surface area contributed by atoms with Crippen molar-refractivity contribution in [2.24, 2.45) is 0 Å². The van der Waals surface area contributed by atoms with E-state index in [1.165, 1.54) is 11.1 Å². The Hall–Kier alpha value is -1.35. The number of carbonyl (C=O) groups is 1. The molecule has 1 aromatic rings. The first kappa shape index (κ1) is 16.7. The van der Waals surface area contributed by atoms with Gasteiger partial charge in [-0.2, -0.15) is 0 Å². The Balaban J connectivity index is 2.11. The number of benzene rings is 1. The Kier molecular flexibility index (Phi) is 7.97. The van der Waals surface area contributed by atoms with E-state index in [1.54, 1.807) is 0 Å². The van der Waals surface area contributed by atoms with E-state index < -0.39 is 0 Å². The third-order valence-corrected chi connectivity index (χ3v) is 3.36. The van der Waals surface area contributed by atoms with Gasteiger partial charge < -0.3 is 10.1 Å². The van der Waals surface area contributed by atoms with E-state index in [9.17, 15) is 4.79 Å². The third kappa shape index (κ3) is 6.71. The summed E-state index contributed by atoms with van der Waals surface area (Å²) >= 11 is 0. The van der Waals surface area contributed by atoms with Crippen LogP contribution in [0.25, 0.3) is 0 Å². The minimum atomic E-state index is -0.0754. The van der Waals surface area contributed by atoms with Crippen LogP contribution < -0.4 is 5.32 Å². The van der Waals surface area contributed by atoms with E-state index in [0.717, 1.165) is 25.8 Å². The summed E-state index contributed by atoms with van der Waals surface area (Å²) in [4.78, 5) is 11.2. The molecule has 1 aromatic carbocycles. The predicted octanol–water partition coefficient (Wildman–Crippen LogP) is 3.77. The fourth-order valence-corrected chi connectivity index (χ4v) is 2.18. The number of nitrogens with one attached hydrogen (secondary N) is 1. The first-order valence-corrected chi connectivity index (χ1v) is 7.59. The molecule has 1 N–H and O–H groups in total. The highest BCUT2D eigenvalue weighted by Crippen LogP contribution is 2.13. The van der Waals surface area contributed by atoms with E-state index in [-0.39, 0.29) is 5.97 Å². The Bertz CT molecular complexity index is 404. The van der Waals surface area contributed by atoms with Crippen LogP contribution in [0.3, 0.4) is 0 Å². The Morgan fingerprint density at radius 2 is 2.10 bits per heavy atom. The van der Waals surface area contributed by atoms with Crippen molar-refractivity contribution < 1.29 is 9.53 Å². The topological polar surface area (TPSA) is 38.3 Å². The number of ether oxygens (including phenoxy) is 1. The molecule has 1 atom stereocenters. The second kappa shape index (κ2) is 9.54. The first-order chi connectivity index (χ1) is 9.63. The van der Waals surface area contributed by atoms with E-state index in [2.05, 4.69) is 43.4 Å². The molecule has 3 nitrogen and oxygen atoms in total. The van der Waals surface area contributed by atoms with Crippen LogP contribution in [-0.2, 0) is 9.53 Å². The number of carbonyl (C=O) groups excluding carboxylic acids is 1. The van der Waals surface area contributed by atoms with E-state index in [1.807, 2.05) is 6.92 Å². The summed E-state index contributed by atoms with van der Waals surface area (Å²) in [5, 5.41) is 3.52. The summed E-state index contributed by atoms with van der Waals surface area (Å²) in [7, 11) is 0. The SMILES string of the molecule is CCOC(=O)CCCCCN[C@@H](C)c1cccc(C)c1. The second-order valence-corrected chi connectivity index (χ2v) is 5.21. The van der Waals surface area contributed by atoms with Gasteiger partial charge in [0.1, 0.15) is 0 Å². The molecule has 0 heterocycles. The maximum Gasteiger partial charge on any atom is 0.305 e. The van der Waals surface area contributed by atoms with Crippen LogP contribution in [0.4, 0.5) is 0 Å². The Labute approximate surface area is 122 Å². The number of aryl methyl sites for hydroxylation is 1. The lowest BCUT2D eigenvalue weighted by Gasteiger charge is -2.14. The van der Waals surface area contributed by atoms with Gasteiger partial charge >= 0.3 is 5.97 Å². The maximum absolute atomic E-state index is 11.2. The van der Waals surface area contributed by atoms with Gasteiger partial charge in [0.25, 0.3) is 0 Å². The van der Waals surface area contributed by atoms with Gasteiger partial charge in [-0.15, -0.1) is 0 Å².